The van der Waals surface area contributed by atoms with Gasteiger partial charge in [0.05, 0.1) is 18.2 Å². The summed E-state index contributed by atoms with van der Waals surface area (Å²) in [6, 6.07) is 14.5. The Morgan fingerprint density at radius 1 is 0.857 bits per heavy atom. The standard InChI is InChI=1S/C11H7N3/c12-6-10(7-13)11(8-14)9-4-2-1-3-5-9/h1-5,10-11H/t11-/m1/s1. The van der Waals surface area contributed by atoms with Gasteiger partial charge in [0, 0.05) is 0 Å². The zero-order valence-electron chi connectivity index (χ0n) is 7.38. The van der Waals surface area contributed by atoms with E-state index in [4.69, 9.17) is 15.8 Å². The van der Waals surface area contributed by atoms with Gasteiger partial charge in [-0.3, -0.25) is 0 Å². The lowest BCUT2D eigenvalue weighted by atomic mass is 9.89. The fourth-order valence-corrected chi connectivity index (χ4v) is 1.18. The normalized spacial score (nSPS) is 11.0. The molecule has 0 aromatic heterocycles. The van der Waals surface area contributed by atoms with Gasteiger partial charge in [0.15, 0.2) is 5.92 Å². The summed E-state index contributed by atoms with van der Waals surface area (Å²) in [5.74, 6) is -1.56. The minimum atomic E-state index is -0.901. The van der Waals surface area contributed by atoms with Crippen LogP contribution in [0.25, 0.3) is 0 Å². The van der Waals surface area contributed by atoms with Crippen LogP contribution in [0, 0.1) is 39.9 Å². The van der Waals surface area contributed by atoms with E-state index in [2.05, 4.69) is 0 Å². The van der Waals surface area contributed by atoms with Gasteiger partial charge >= 0.3 is 0 Å². The van der Waals surface area contributed by atoms with Gasteiger partial charge in [0.2, 0.25) is 0 Å². The number of hydrogen-bond acceptors (Lipinski definition) is 3. The van der Waals surface area contributed by atoms with Gasteiger partial charge in [-0.15, -0.1) is 0 Å². The van der Waals surface area contributed by atoms with Crippen molar-refractivity contribution in [1.29, 1.82) is 15.8 Å². The quantitative estimate of drug-likeness (QED) is 0.700. The summed E-state index contributed by atoms with van der Waals surface area (Å²) < 4.78 is 0. The molecule has 1 atom stereocenters. The maximum absolute atomic E-state index is 8.86. The number of benzene rings is 1. The van der Waals surface area contributed by atoms with E-state index in [0.717, 1.165) is 0 Å². The second-order valence-electron chi connectivity index (χ2n) is 2.75. The molecular weight excluding hydrogens is 174 g/mol. The van der Waals surface area contributed by atoms with Crippen molar-refractivity contribution < 1.29 is 0 Å². The Bertz CT molecular complexity index is 403. The Hall–Kier alpha value is -2.31. The van der Waals surface area contributed by atoms with E-state index >= 15 is 0 Å². The van der Waals surface area contributed by atoms with Crippen molar-refractivity contribution in [2.75, 3.05) is 0 Å². The zero-order valence-corrected chi connectivity index (χ0v) is 7.38. The van der Waals surface area contributed by atoms with Crippen LogP contribution in [-0.2, 0) is 0 Å². The Balaban J connectivity index is 3.03. The molecule has 0 fully saturated rings. The highest BCUT2D eigenvalue weighted by atomic mass is 14.4. The molecule has 14 heavy (non-hydrogen) atoms. The van der Waals surface area contributed by atoms with Crippen LogP contribution in [0.1, 0.15) is 11.5 Å². The number of hydrogen-bond donors (Lipinski definition) is 0. The van der Waals surface area contributed by atoms with Crippen molar-refractivity contribution in [2.45, 2.75) is 5.92 Å². The van der Waals surface area contributed by atoms with E-state index in [1.807, 2.05) is 24.3 Å². The van der Waals surface area contributed by atoms with Crippen molar-refractivity contribution in [3.05, 3.63) is 35.9 Å². The lowest BCUT2D eigenvalue weighted by Crippen LogP contribution is -2.07. The monoisotopic (exact) mass is 181 g/mol. The van der Waals surface area contributed by atoms with Gasteiger partial charge in [-0.25, -0.2) is 0 Å². The molecule has 0 bridgehead atoms. The van der Waals surface area contributed by atoms with Crippen molar-refractivity contribution in [3.8, 4) is 18.2 Å². The largest absolute Gasteiger partial charge is 0.198 e. The average molecular weight is 181 g/mol. The highest BCUT2D eigenvalue weighted by molar-refractivity contribution is 5.30. The van der Waals surface area contributed by atoms with Gasteiger partial charge in [0.25, 0.3) is 0 Å². The summed E-state index contributed by atoms with van der Waals surface area (Å²) >= 11 is 0. The lowest BCUT2D eigenvalue weighted by molar-refractivity contribution is 0.745. The minimum Gasteiger partial charge on any atom is -0.198 e. The minimum absolute atomic E-state index is 0.661. The SMILES string of the molecule is N#CC(C#N)[C@H](C#N)c1ccccc1. The molecule has 3 heteroatoms. The summed E-state index contributed by atoms with van der Waals surface area (Å²) in [6.07, 6.45) is 0. The van der Waals surface area contributed by atoms with Gasteiger partial charge < -0.3 is 0 Å². The van der Waals surface area contributed by atoms with Crippen molar-refractivity contribution in [1.82, 2.24) is 0 Å². The predicted octanol–water partition coefficient (Wildman–Crippen LogP) is 1.96. The average Bonchev–Trinajstić information content (AvgIpc) is 2.27. The molecule has 0 saturated heterocycles. The van der Waals surface area contributed by atoms with Gasteiger partial charge in [-0.2, -0.15) is 15.8 Å². The Morgan fingerprint density at radius 2 is 1.43 bits per heavy atom. The molecule has 66 valence electrons. The molecule has 0 unspecified atom stereocenters. The van der Waals surface area contributed by atoms with Crippen LogP contribution in [0.2, 0.25) is 0 Å². The summed E-state index contributed by atoms with van der Waals surface area (Å²) in [5, 5.41) is 26.2. The highest BCUT2D eigenvalue weighted by Crippen LogP contribution is 2.22. The van der Waals surface area contributed by atoms with Crippen LogP contribution >= 0.6 is 0 Å². The molecule has 1 aromatic rings. The molecule has 0 amide bonds. The van der Waals surface area contributed by atoms with Crippen LogP contribution < -0.4 is 0 Å². The molecule has 0 heterocycles. The zero-order chi connectivity index (χ0) is 10.4. The maximum atomic E-state index is 8.86. The lowest BCUT2D eigenvalue weighted by Gasteiger charge is -2.08. The summed E-state index contributed by atoms with van der Waals surface area (Å²) in [6.45, 7) is 0. The summed E-state index contributed by atoms with van der Waals surface area (Å²) in [4.78, 5) is 0. The van der Waals surface area contributed by atoms with Crippen molar-refractivity contribution >= 4 is 0 Å². The molecular formula is C11H7N3. The van der Waals surface area contributed by atoms with Crippen molar-refractivity contribution in [2.24, 2.45) is 5.92 Å². The summed E-state index contributed by atoms with van der Waals surface area (Å²) in [5.41, 5.74) is 0.711. The number of rotatable bonds is 2. The Morgan fingerprint density at radius 3 is 1.86 bits per heavy atom. The molecule has 1 rings (SSSR count). The van der Waals surface area contributed by atoms with E-state index in [-0.39, 0.29) is 0 Å². The molecule has 0 saturated carbocycles. The van der Waals surface area contributed by atoms with Gasteiger partial charge in [-0.05, 0) is 5.56 Å². The third-order valence-electron chi connectivity index (χ3n) is 1.91. The molecule has 3 nitrogen and oxygen atoms in total. The Kier molecular flexibility index (Phi) is 3.25. The first kappa shape index (κ1) is 9.78. The van der Waals surface area contributed by atoms with E-state index in [9.17, 15) is 0 Å². The topological polar surface area (TPSA) is 71.4 Å². The summed E-state index contributed by atoms with van der Waals surface area (Å²) in [7, 11) is 0. The van der Waals surface area contributed by atoms with Crippen LogP contribution in [0.4, 0.5) is 0 Å². The highest BCUT2D eigenvalue weighted by Gasteiger charge is 2.21. The number of nitriles is 3. The van der Waals surface area contributed by atoms with Gasteiger partial charge in [0.1, 0.15) is 5.92 Å². The second kappa shape index (κ2) is 4.65. The predicted molar refractivity (Wildman–Crippen MR) is 49.5 cm³/mol. The first-order valence-electron chi connectivity index (χ1n) is 4.07. The first-order chi connectivity index (χ1) is 6.83. The Labute approximate surface area is 82.4 Å². The van der Waals surface area contributed by atoms with E-state index in [1.54, 1.807) is 24.3 Å². The van der Waals surface area contributed by atoms with Crippen LogP contribution in [0.3, 0.4) is 0 Å². The molecule has 0 aliphatic carbocycles. The molecule has 0 spiro atoms. The second-order valence-corrected chi connectivity index (χ2v) is 2.75. The number of nitrogens with zero attached hydrogens (tertiary/aromatic N) is 3. The fourth-order valence-electron chi connectivity index (χ4n) is 1.18. The molecule has 1 aromatic carbocycles. The van der Waals surface area contributed by atoms with Crippen LogP contribution in [0.5, 0.6) is 0 Å². The smallest absolute Gasteiger partial charge is 0.153 e. The first-order valence-corrected chi connectivity index (χ1v) is 4.07. The molecule has 0 N–H and O–H groups in total. The fraction of sp³-hybridized carbons (Fsp3) is 0.182. The maximum Gasteiger partial charge on any atom is 0.153 e. The molecule has 0 aliphatic heterocycles. The molecule has 0 radical (unpaired) electrons. The molecule has 0 aliphatic rings. The van der Waals surface area contributed by atoms with E-state index in [0.29, 0.717) is 5.56 Å². The van der Waals surface area contributed by atoms with E-state index < -0.39 is 11.8 Å². The van der Waals surface area contributed by atoms with Crippen molar-refractivity contribution in [3.63, 3.8) is 0 Å². The third-order valence-corrected chi connectivity index (χ3v) is 1.91. The van der Waals surface area contributed by atoms with Crippen LogP contribution in [-0.4, -0.2) is 0 Å². The van der Waals surface area contributed by atoms with Gasteiger partial charge in [-0.1, -0.05) is 30.3 Å². The third kappa shape index (κ3) is 1.89. The van der Waals surface area contributed by atoms with E-state index in [1.165, 1.54) is 0 Å². The van der Waals surface area contributed by atoms with Crippen LogP contribution in [0.15, 0.2) is 30.3 Å².